The molecule has 0 aliphatic heterocycles. The zero-order valence-corrected chi connectivity index (χ0v) is 17.5. The van der Waals surface area contributed by atoms with E-state index in [1.54, 1.807) is 37.4 Å². The molecule has 0 spiro atoms. The molecule has 5 heteroatoms. The molecule has 1 unspecified atom stereocenters. The molecule has 5 nitrogen and oxygen atoms in total. The van der Waals surface area contributed by atoms with Crippen molar-refractivity contribution in [2.45, 2.75) is 39.7 Å². The molecule has 1 atom stereocenters. The van der Waals surface area contributed by atoms with Gasteiger partial charge >= 0.3 is 0 Å². The summed E-state index contributed by atoms with van der Waals surface area (Å²) in [6.45, 7) is 7.62. The minimum Gasteiger partial charge on any atom is -0.496 e. The smallest absolute Gasteiger partial charge is 0.252 e. The van der Waals surface area contributed by atoms with Gasteiger partial charge in [0.15, 0.2) is 5.78 Å². The molecule has 0 saturated carbocycles. The lowest BCUT2D eigenvalue weighted by molar-refractivity contribution is 0.0695. The summed E-state index contributed by atoms with van der Waals surface area (Å²) in [6.07, 6.45) is 0.455. The average molecular weight is 383 g/mol. The van der Waals surface area contributed by atoms with E-state index in [9.17, 15) is 9.59 Å². The maximum atomic E-state index is 13.6. The fourth-order valence-corrected chi connectivity index (χ4v) is 3.54. The number of hydrogen-bond acceptors (Lipinski definition) is 4. The molecular formula is C23H29NO4. The summed E-state index contributed by atoms with van der Waals surface area (Å²) in [5.41, 5.74) is 0.635. The van der Waals surface area contributed by atoms with Crippen LogP contribution in [-0.4, -0.2) is 31.4 Å². The summed E-state index contributed by atoms with van der Waals surface area (Å²) >= 11 is 0. The average Bonchev–Trinajstić information content (AvgIpc) is 2.71. The van der Waals surface area contributed by atoms with Gasteiger partial charge in [-0.05, 0) is 43.5 Å². The third-order valence-corrected chi connectivity index (χ3v) is 5.39. The van der Waals surface area contributed by atoms with Gasteiger partial charge in [-0.3, -0.25) is 9.59 Å². The summed E-state index contributed by atoms with van der Waals surface area (Å²) in [4.78, 5) is 26.7. The highest BCUT2D eigenvalue weighted by Crippen LogP contribution is 2.31. The van der Waals surface area contributed by atoms with Crippen molar-refractivity contribution >= 4 is 11.7 Å². The maximum absolute atomic E-state index is 13.6. The van der Waals surface area contributed by atoms with Gasteiger partial charge in [-0.2, -0.15) is 0 Å². The van der Waals surface area contributed by atoms with E-state index < -0.39 is 5.54 Å². The number of para-hydroxylation sites is 1. The second-order valence-corrected chi connectivity index (χ2v) is 7.10. The van der Waals surface area contributed by atoms with Crippen LogP contribution in [0.3, 0.4) is 0 Å². The highest BCUT2D eigenvalue weighted by molar-refractivity contribution is 6.09. The van der Waals surface area contributed by atoms with Gasteiger partial charge in [-0.25, -0.2) is 0 Å². The van der Waals surface area contributed by atoms with E-state index in [-0.39, 0.29) is 17.6 Å². The Morgan fingerprint density at radius 1 is 0.964 bits per heavy atom. The normalized spacial score (nSPS) is 13.0. The van der Waals surface area contributed by atoms with Crippen molar-refractivity contribution in [3.8, 4) is 11.5 Å². The summed E-state index contributed by atoms with van der Waals surface area (Å²) in [5, 5.41) is 3.04. The lowest BCUT2D eigenvalue weighted by Gasteiger charge is -2.37. The molecule has 1 amide bonds. The topological polar surface area (TPSA) is 64.6 Å². The number of hydrogen-bond donors (Lipinski definition) is 1. The van der Waals surface area contributed by atoms with Crippen molar-refractivity contribution in [2.75, 3.05) is 14.2 Å². The fourth-order valence-electron chi connectivity index (χ4n) is 3.54. The molecule has 0 fully saturated rings. The second-order valence-electron chi connectivity index (χ2n) is 7.10. The Morgan fingerprint density at radius 2 is 1.54 bits per heavy atom. The molecule has 2 aromatic rings. The van der Waals surface area contributed by atoms with Gasteiger partial charge in [0.1, 0.15) is 17.0 Å². The number of amides is 1. The largest absolute Gasteiger partial charge is 0.496 e. The quantitative estimate of drug-likeness (QED) is 0.685. The van der Waals surface area contributed by atoms with Crippen molar-refractivity contribution in [2.24, 2.45) is 5.92 Å². The van der Waals surface area contributed by atoms with Crippen LogP contribution in [0.2, 0.25) is 0 Å². The third-order valence-electron chi connectivity index (χ3n) is 5.39. The van der Waals surface area contributed by atoms with E-state index in [1.807, 2.05) is 39.8 Å². The van der Waals surface area contributed by atoms with Crippen LogP contribution in [0.15, 0.2) is 42.5 Å². The monoisotopic (exact) mass is 383 g/mol. The van der Waals surface area contributed by atoms with Crippen LogP contribution in [0.1, 0.15) is 53.5 Å². The lowest BCUT2D eigenvalue weighted by Crippen LogP contribution is -2.58. The number of carbonyl (C=O) groups excluding carboxylic acids is 2. The molecule has 0 bridgehead atoms. The number of carbonyl (C=O) groups is 2. The summed E-state index contributed by atoms with van der Waals surface area (Å²) < 4.78 is 10.7. The Balaban J connectivity index is 2.49. The second kappa shape index (κ2) is 8.91. The van der Waals surface area contributed by atoms with Crippen molar-refractivity contribution in [1.82, 2.24) is 5.32 Å². The van der Waals surface area contributed by atoms with E-state index in [0.717, 1.165) is 5.56 Å². The maximum Gasteiger partial charge on any atom is 0.252 e. The Morgan fingerprint density at radius 3 is 2.11 bits per heavy atom. The molecular weight excluding hydrogens is 354 g/mol. The number of Topliss-reactive ketones (excluding diaryl/α,β-unsaturated/α-hetero) is 1. The van der Waals surface area contributed by atoms with E-state index in [1.165, 1.54) is 7.11 Å². The van der Waals surface area contributed by atoms with Crippen LogP contribution in [0.5, 0.6) is 11.5 Å². The van der Waals surface area contributed by atoms with Crippen LogP contribution in [0.25, 0.3) is 0 Å². The molecule has 0 aliphatic carbocycles. The number of ether oxygens (including phenoxy) is 2. The first-order valence-electron chi connectivity index (χ1n) is 9.46. The SMILES string of the molecule is CCC(NC(=O)c1cccc(OC)c1C)(C(=O)c1ccccc1OC)C(C)C. The number of rotatable bonds is 8. The molecule has 28 heavy (non-hydrogen) atoms. The first kappa shape index (κ1) is 21.5. The molecule has 0 saturated heterocycles. The lowest BCUT2D eigenvalue weighted by atomic mass is 9.77. The highest BCUT2D eigenvalue weighted by atomic mass is 16.5. The number of methoxy groups -OCH3 is 2. The van der Waals surface area contributed by atoms with Crippen LogP contribution < -0.4 is 14.8 Å². The van der Waals surface area contributed by atoms with Crippen molar-refractivity contribution in [3.63, 3.8) is 0 Å². The Hall–Kier alpha value is -2.82. The van der Waals surface area contributed by atoms with Crippen molar-refractivity contribution < 1.29 is 19.1 Å². The number of nitrogens with one attached hydrogen (secondary N) is 1. The zero-order valence-electron chi connectivity index (χ0n) is 17.5. The summed E-state index contributed by atoms with van der Waals surface area (Å²) in [7, 11) is 3.10. The van der Waals surface area contributed by atoms with E-state index in [4.69, 9.17) is 9.47 Å². The molecule has 0 aliphatic rings. The Kier molecular flexibility index (Phi) is 6.84. The zero-order chi connectivity index (χ0) is 20.9. The Labute approximate surface area is 167 Å². The van der Waals surface area contributed by atoms with Gasteiger partial charge < -0.3 is 14.8 Å². The van der Waals surface area contributed by atoms with Gasteiger partial charge in [0.2, 0.25) is 0 Å². The molecule has 2 aromatic carbocycles. The molecule has 0 aromatic heterocycles. The van der Waals surface area contributed by atoms with Gasteiger partial charge in [0, 0.05) is 11.1 Å². The van der Waals surface area contributed by atoms with Gasteiger partial charge in [0.25, 0.3) is 5.91 Å². The number of ketones is 1. The predicted molar refractivity (Wildman–Crippen MR) is 110 cm³/mol. The minimum absolute atomic E-state index is 0.121. The van der Waals surface area contributed by atoms with E-state index in [2.05, 4.69) is 5.32 Å². The predicted octanol–water partition coefficient (Wildman–Crippen LogP) is 4.43. The molecule has 2 rings (SSSR count). The van der Waals surface area contributed by atoms with E-state index in [0.29, 0.717) is 29.0 Å². The van der Waals surface area contributed by atoms with Crippen LogP contribution in [0, 0.1) is 12.8 Å². The molecule has 0 radical (unpaired) electrons. The standard InChI is InChI=1S/C23H29NO4/c1-7-23(15(2)3,21(25)18-11-8-9-13-20(18)28-6)24-22(26)17-12-10-14-19(27-5)16(17)4/h8-15H,7H2,1-6H3,(H,24,26). The van der Waals surface area contributed by atoms with Crippen LogP contribution in [0.4, 0.5) is 0 Å². The van der Waals surface area contributed by atoms with Gasteiger partial charge in [-0.1, -0.05) is 39.0 Å². The van der Waals surface area contributed by atoms with Crippen LogP contribution >= 0.6 is 0 Å². The summed E-state index contributed by atoms with van der Waals surface area (Å²) in [5.74, 6) is 0.560. The van der Waals surface area contributed by atoms with Gasteiger partial charge in [-0.15, -0.1) is 0 Å². The molecule has 0 heterocycles. The number of benzene rings is 2. The fraction of sp³-hybridized carbons (Fsp3) is 0.391. The van der Waals surface area contributed by atoms with Crippen molar-refractivity contribution in [1.29, 1.82) is 0 Å². The summed E-state index contributed by atoms with van der Waals surface area (Å²) in [6, 6.07) is 12.4. The van der Waals surface area contributed by atoms with Gasteiger partial charge in [0.05, 0.1) is 19.8 Å². The first-order chi connectivity index (χ1) is 13.3. The third kappa shape index (κ3) is 3.88. The Bertz CT molecular complexity index is 859. The molecule has 150 valence electrons. The van der Waals surface area contributed by atoms with Crippen molar-refractivity contribution in [3.05, 3.63) is 59.2 Å². The van der Waals surface area contributed by atoms with E-state index >= 15 is 0 Å². The van der Waals surface area contributed by atoms with Crippen LogP contribution in [-0.2, 0) is 0 Å². The highest BCUT2D eigenvalue weighted by Gasteiger charge is 2.43. The minimum atomic E-state index is -1.05. The first-order valence-corrected chi connectivity index (χ1v) is 9.46. The molecule has 1 N–H and O–H groups in total.